The molecule has 1 N–H and O–H groups in total. The Kier molecular flexibility index (Phi) is 4.65. The van der Waals surface area contributed by atoms with Crippen LogP contribution in [0, 0.1) is 0 Å². The van der Waals surface area contributed by atoms with Gasteiger partial charge in [-0.15, -0.1) is 0 Å². The van der Waals surface area contributed by atoms with Gasteiger partial charge in [-0.3, -0.25) is 5.32 Å². The first-order chi connectivity index (χ1) is 7.47. The summed E-state index contributed by atoms with van der Waals surface area (Å²) in [5, 5.41) is 2.60. The Morgan fingerprint density at radius 2 is 1.88 bits per heavy atom. The number of likely N-dealkylation sites (tertiary alicyclic amines) is 1. The van der Waals surface area contributed by atoms with Gasteiger partial charge in [-0.25, -0.2) is 4.79 Å². The van der Waals surface area contributed by atoms with Crippen LogP contribution in [0.25, 0.3) is 0 Å². The number of nitrogens with one attached hydrogen (secondary N) is 1. The molecule has 0 radical (unpaired) electrons. The summed E-state index contributed by atoms with van der Waals surface area (Å²) in [5.41, 5.74) is -0.441. The maximum Gasteiger partial charge on any atom is 0.411 e. The highest BCUT2D eigenvalue weighted by molar-refractivity contribution is 5.68. The first-order valence-corrected chi connectivity index (χ1v) is 5.88. The second-order valence-corrected chi connectivity index (χ2v) is 5.06. The van der Waals surface area contributed by atoms with Gasteiger partial charge in [0.1, 0.15) is 5.60 Å². The maximum absolute atomic E-state index is 11.3. The standard InChI is InChI=1S/C12H22N2O2/c1-12(2,3)16-11(15)13-7-10-14-8-5-4-6-9-14/h7,10H,4-6,8-9H2,1-3H3,(H,13,15)/b10-7-. The molecule has 0 unspecified atom stereocenters. The molecule has 4 heteroatoms. The Labute approximate surface area is 97.6 Å². The lowest BCUT2D eigenvalue weighted by Gasteiger charge is -2.24. The minimum absolute atomic E-state index is 0.402. The molecule has 1 aliphatic rings. The Hall–Kier alpha value is -1.19. The number of alkyl carbamates (subject to hydrolysis) is 1. The highest BCUT2D eigenvalue weighted by atomic mass is 16.6. The number of rotatable bonds is 2. The van der Waals surface area contributed by atoms with E-state index in [-0.39, 0.29) is 0 Å². The normalized spacial score (nSPS) is 17.6. The summed E-state index contributed by atoms with van der Waals surface area (Å²) in [6.45, 7) is 7.70. The predicted molar refractivity (Wildman–Crippen MR) is 63.9 cm³/mol. The lowest BCUT2D eigenvalue weighted by molar-refractivity contribution is 0.0551. The van der Waals surface area contributed by atoms with E-state index in [1.807, 2.05) is 27.0 Å². The van der Waals surface area contributed by atoms with Gasteiger partial charge in [-0.2, -0.15) is 0 Å². The second kappa shape index (κ2) is 5.77. The molecule has 0 atom stereocenters. The van der Waals surface area contributed by atoms with Gasteiger partial charge in [-0.1, -0.05) is 0 Å². The molecule has 16 heavy (non-hydrogen) atoms. The molecule has 1 aliphatic heterocycles. The third-order valence-electron chi connectivity index (χ3n) is 2.28. The quantitative estimate of drug-likeness (QED) is 0.786. The Bertz CT molecular complexity index is 250. The molecular formula is C12H22N2O2. The van der Waals surface area contributed by atoms with E-state index in [2.05, 4.69) is 10.2 Å². The first-order valence-electron chi connectivity index (χ1n) is 5.88. The van der Waals surface area contributed by atoms with E-state index in [1.165, 1.54) is 19.3 Å². The summed E-state index contributed by atoms with van der Waals surface area (Å²) in [7, 11) is 0. The number of piperidine rings is 1. The fourth-order valence-corrected chi connectivity index (χ4v) is 1.59. The van der Waals surface area contributed by atoms with Crippen molar-refractivity contribution in [1.29, 1.82) is 0 Å². The van der Waals surface area contributed by atoms with Gasteiger partial charge in [0.2, 0.25) is 0 Å². The van der Waals surface area contributed by atoms with Gasteiger partial charge < -0.3 is 9.64 Å². The van der Waals surface area contributed by atoms with E-state index in [0.717, 1.165) is 13.1 Å². The van der Waals surface area contributed by atoms with Gasteiger partial charge >= 0.3 is 6.09 Å². The van der Waals surface area contributed by atoms with Crippen molar-refractivity contribution in [3.63, 3.8) is 0 Å². The van der Waals surface area contributed by atoms with E-state index < -0.39 is 11.7 Å². The van der Waals surface area contributed by atoms with Crippen LogP contribution in [0.2, 0.25) is 0 Å². The Morgan fingerprint density at radius 1 is 1.25 bits per heavy atom. The van der Waals surface area contributed by atoms with Crippen LogP contribution in [0.5, 0.6) is 0 Å². The van der Waals surface area contributed by atoms with Gasteiger partial charge in [-0.05, 0) is 40.0 Å². The summed E-state index contributed by atoms with van der Waals surface area (Å²) in [6, 6.07) is 0. The summed E-state index contributed by atoms with van der Waals surface area (Å²) in [6.07, 6.45) is 6.95. The molecule has 0 bridgehead atoms. The molecule has 1 fully saturated rings. The number of nitrogens with zero attached hydrogens (tertiary/aromatic N) is 1. The largest absolute Gasteiger partial charge is 0.444 e. The molecule has 1 amide bonds. The number of hydrogen-bond donors (Lipinski definition) is 1. The highest BCUT2D eigenvalue weighted by Crippen LogP contribution is 2.08. The molecule has 1 saturated heterocycles. The SMILES string of the molecule is CC(C)(C)OC(=O)N/C=C\N1CCCCC1. The average molecular weight is 226 g/mol. The average Bonchev–Trinajstić information content (AvgIpc) is 2.16. The van der Waals surface area contributed by atoms with Crippen LogP contribution in [-0.2, 0) is 4.74 Å². The molecule has 0 aromatic carbocycles. The van der Waals surface area contributed by atoms with Crippen molar-refractivity contribution in [3.8, 4) is 0 Å². The number of amides is 1. The van der Waals surface area contributed by atoms with Crippen molar-refractivity contribution in [2.75, 3.05) is 13.1 Å². The van der Waals surface area contributed by atoms with Gasteiger partial charge in [0.25, 0.3) is 0 Å². The van der Waals surface area contributed by atoms with Crippen LogP contribution in [0.15, 0.2) is 12.4 Å². The van der Waals surface area contributed by atoms with Crippen molar-refractivity contribution in [2.45, 2.75) is 45.6 Å². The number of carbonyl (C=O) groups is 1. The lowest BCUT2D eigenvalue weighted by Crippen LogP contribution is -2.30. The topological polar surface area (TPSA) is 41.6 Å². The van der Waals surface area contributed by atoms with Crippen LogP contribution < -0.4 is 5.32 Å². The zero-order valence-corrected chi connectivity index (χ0v) is 10.5. The van der Waals surface area contributed by atoms with E-state index in [9.17, 15) is 4.79 Å². The molecule has 0 aromatic heterocycles. The third kappa shape index (κ3) is 5.63. The minimum Gasteiger partial charge on any atom is -0.444 e. The van der Waals surface area contributed by atoms with Crippen LogP contribution in [0.4, 0.5) is 4.79 Å². The molecular weight excluding hydrogens is 204 g/mol. The summed E-state index contributed by atoms with van der Waals surface area (Å²) < 4.78 is 5.11. The first kappa shape index (κ1) is 12.9. The highest BCUT2D eigenvalue weighted by Gasteiger charge is 2.14. The monoisotopic (exact) mass is 226 g/mol. The van der Waals surface area contributed by atoms with E-state index in [1.54, 1.807) is 6.20 Å². The van der Waals surface area contributed by atoms with Crippen LogP contribution in [0.3, 0.4) is 0 Å². The molecule has 0 spiro atoms. The third-order valence-corrected chi connectivity index (χ3v) is 2.28. The fourth-order valence-electron chi connectivity index (χ4n) is 1.59. The zero-order chi connectivity index (χ0) is 12.0. The predicted octanol–water partition coefficient (Wildman–Crippen LogP) is 2.47. The summed E-state index contributed by atoms with van der Waals surface area (Å²) >= 11 is 0. The van der Waals surface area contributed by atoms with Gasteiger partial charge in [0.05, 0.1) is 0 Å². The molecule has 92 valence electrons. The molecule has 0 aromatic rings. The van der Waals surface area contributed by atoms with E-state index in [0.29, 0.717) is 0 Å². The molecule has 4 nitrogen and oxygen atoms in total. The summed E-state index contributed by atoms with van der Waals surface area (Å²) in [4.78, 5) is 13.5. The Balaban J connectivity index is 2.22. The van der Waals surface area contributed by atoms with Crippen LogP contribution in [-0.4, -0.2) is 29.7 Å². The minimum atomic E-state index is -0.441. The van der Waals surface area contributed by atoms with E-state index >= 15 is 0 Å². The van der Waals surface area contributed by atoms with Crippen molar-refractivity contribution >= 4 is 6.09 Å². The van der Waals surface area contributed by atoms with Crippen molar-refractivity contribution in [1.82, 2.24) is 10.2 Å². The number of hydrogen-bond acceptors (Lipinski definition) is 3. The van der Waals surface area contributed by atoms with Crippen molar-refractivity contribution < 1.29 is 9.53 Å². The second-order valence-electron chi connectivity index (χ2n) is 5.06. The van der Waals surface area contributed by atoms with Crippen molar-refractivity contribution in [3.05, 3.63) is 12.4 Å². The lowest BCUT2D eigenvalue weighted by atomic mass is 10.1. The number of ether oxygens (including phenoxy) is 1. The molecule has 0 aliphatic carbocycles. The van der Waals surface area contributed by atoms with E-state index in [4.69, 9.17) is 4.74 Å². The molecule has 1 rings (SSSR count). The maximum atomic E-state index is 11.3. The van der Waals surface area contributed by atoms with Crippen LogP contribution in [0.1, 0.15) is 40.0 Å². The van der Waals surface area contributed by atoms with Gasteiger partial charge in [0.15, 0.2) is 0 Å². The van der Waals surface area contributed by atoms with Crippen molar-refractivity contribution in [2.24, 2.45) is 0 Å². The molecule has 0 saturated carbocycles. The Morgan fingerprint density at radius 3 is 2.44 bits per heavy atom. The fraction of sp³-hybridized carbons (Fsp3) is 0.750. The smallest absolute Gasteiger partial charge is 0.411 e. The summed E-state index contributed by atoms with van der Waals surface area (Å²) in [5.74, 6) is 0. The number of carbonyl (C=O) groups excluding carboxylic acids is 1. The molecule has 1 heterocycles. The van der Waals surface area contributed by atoms with Gasteiger partial charge in [0, 0.05) is 25.5 Å². The zero-order valence-electron chi connectivity index (χ0n) is 10.5. The van der Waals surface area contributed by atoms with Crippen LogP contribution >= 0.6 is 0 Å².